The Morgan fingerprint density at radius 1 is 1.12 bits per heavy atom. The monoisotopic (exact) mass is 472 g/mol. The van der Waals surface area contributed by atoms with Crippen molar-refractivity contribution < 1.29 is 0 Å². The molecule has 1 atom stereocenters. The van der Waals surface area contributed by atoms with Gasteiger partial charge in [0.15, 0.2) is 5.08 Å². The molecule has 6 heteroatoms. The van der Waals surface area contributed by atoms with Gasteiger partial charge in [-0.2, -0.15) is 0 Å². The number of rotatable bonds is 0. The normalized spacial score (nSPS) is 22.0. The molecule has 16 heavy (non-hydrogen) atoms. The Bertz CT molecular complexity index is 475. The predicted octanol–water partition coefficient (Wildman–Crippen LogP) is 4.83. The van der Waals surface area contributed by atoms with E-state index in [4.69, 9.17) is 0 Å². The number of alkyl halides is 1. The Kier molecular flexibility index (Phi) is 3.06. The summed E-state index contributed by atoms with van der Waals surface area (Å²) < 4.78 is 3.36. The van der Waals surface area contributed by atoms with Crippen LogP contribution in [-0.4, -0.2) is 11.6 Å². The van der Waals surface area contributed by atoms with Gasteiger partial charge in [-0.25, -0.2) is 0 Å². The Hall–Kier alpha value is 0.740. The van der Waals surface area contributed by atoms with Crippen LogP contribution in [0.1, 0.15) is 12.0 Å². The molecule has 0 amide bonds. The highest BCUT2D eigenvalue weighted by Crippen LogP contribution is 2.52. The summed E-state index contributed by atoms with van der Waals surface area (Å²) in [4.78, 5) is 2.37. The minimum Gasteiger partial charge on any atom is -0.354 e. The second kappa shape index (κ2) is 4.14. The molecule has 0 radical (unpaired) electrons. The van der Waals surface area contributed by atoms with E-state index < -0.39 is 0 Å². The first kappa shape index (κ1) is 11.8. The van der Waals surface area contributed by atoms with Crippen LogP contribution in [0.5, 0.6) is 0 Å². The second-order valence-electron chi connectivity index (χ2n) is 3.92. The van der Waals surface area contributed by atoms with Crippen LogP contribution in [0.3, 0.4) is 0 Å². The van der Waals surface area contributed by atoms with E-state index in [2.05, 4.69) is 73.9 Å². The molecule has 1 aromatic rings. The number of benzene rings is 1. The van der Waals surface area contributed by atoms with E-state index in [0.717, 1.165) is 21.9 Å². The van der Waals surface area contributed by atoms with Gasteiger partial charge in [0, 0.05) is 15.5 Å². The third-order valence-electron chi connectivity index (χ3n) is 3.04. The average molecular weight is 476 g/mol. The number of nitrogens with zero attached hydrogens (tertiary/aromatic N) is 1. The summed E-state index contributed by atoms with van der Waals surface area (Å²) in [6.07, 6.45) is 2.33. The van der Waals surface area contributed by atoms with Crippen LogP contribution < -0.4 is 10.2 Å². The maximum Gasteiger partial charge on any atom is 0.157 e. The summed E-state index contributed by atoms with van der Waals surface area (Å²) in [5.41, 5.74) is 3.91. The lowest BCUT2D eigenvalue weighted by Gasteiger charge is -2.29. The van der Waals surface area contributed by atoms with Gasteiger partial charge in [-0.05, 0) is 82.1 Å². The Morgan fingerprint density at radius 2 is 1.88 bits per heavy atom. The molecule has 0 saturated heterocycles. The van der Waals surface area contributed by atoms with E-state index >= 15 is 0 Å². The number of halogens is 4. The molecular formula is C10H8Br4N2. The number of nitrogens with one attached hydrogen (secondary N) is 1. The van der Waals surface area contributed by atoms with Crippen molar-refractivity contribution in [2.75, 3.05) is 16.8 Å². The van der Waals surface area contributed by atoms with Gasteiger partial charge in [0.25, 0.3) is 0 Å². The summed E-state index contributed by atoms with van der Waals surface area (Å²) in [6, 6.07) is 0. The zero-order chi connectivity index (χ0) is 11.4. The lowest BCUT2D eigenvalue weighted by molar-refractivity contribution is 0.715. The van der Waals surface area contributed by atoms with Crippen LogP contribution in [0.25, 0.3) is 0 Å². The van der Waals surface area contributed by atoms with Crippen molar-refractivity contribution in [3.05, 3.63) is 19.0 Å². The smallest absolute Gasteiger partial charge is 0.157 e. The lowest BCUT2D eigenvalue weighted by Crippen LogP contribution is -2.34. The number of hydrogen-bond donors (Lipinski definition) is 1. The zero-order valence-electron chi connectivity index (χ0n) is 8.16. The fraction of sp³-hybridized carbons (Fsp3) is 0.400. The van der Waals surface area contributed by atoms with Crippen LogP contribution in [-0.2, 0) is 6.42 Å². The molecule has 0 aliphatic carbocycles. The second-order valence-corrected chi connectivity index (χ2v) is 7.17. The molecule has 0 aromatic heterocycles. The van der Waals surface area contributed by atoms with E-state index in [1.165, 1.54) is 27.8 Å². The van der Waals surface area contributed by atoms with Gasteiger partial charge >= 0.3 is 0 Å². The van der Waals surface area contributed by atoms with Gasteiger partial charge in [0.2, 0.25) is 0 Å². The molecule has 2 aliphatic rings. The van der Waals surface area contributed by atoms with Crippen LogP contribution in [0, 0.1) is 0 Å². The van der Waals surface area contributed by atoms with E-state index in [1.807, 2.05) is 0 Å². The van der Waals surface area contributed by atoms with Crippen molar-refractivity contribution >= 4 is 75.1 Å². The molecule has 0 bridgehead atoms. The minimum absolute atomic E-state index is 0.207. The maximum atomic E-state index is 3.68. The molecule has 2 aliphatic heterocycles. The number of hydrogen-bond acceptors (Lipinski definition) is 2. The Labute approximate surface area is 128 Å². The van der Waals surface area contributed by atoms with E-state index in [9.17, 15) is 0 Å². The molecule has 1 N–H and O–H groups in total. The number of anilines is 2. The topological polar surface area (TPSA) is 15.3 Å². The summed E-state index contributed by atoms with van der Waals surface area (Å²) in [5.74, 6) is 0. The third kappa shape index (κ3) is 1.52. The van der Waals surface area contributed by atoms with Gasteiger partial charge < -0.3 is 10.2 Å². The van der Waals surface area contributed by atoms with Gasteiger partial charge in [0.05, 0.1) is 15.8 Å². The standard InChI is InChI=1S/C10H8Br4N2/c11-5-4-2-1-3-16-9(4)8(15-10(16)14)7(13)6(5)12/h10,15H,1-3H2. The van der Waals surface area contributed by atoms with Crippen molar-refractivity contribution in [2.24, 2.45) is 0 Å². The van der Waals surface area contributed by atoms with Crippen LogP contribution in [0.2, 0.25) is 0 Å². The van der Waals surface area contributed by atoms with Crippen LogP contribution in [0.4, 0.5) is 11.4 Å². The molecule has 0 spiro atoms. The predicted molar refractivity (Wildman–Crippen MR) is 81.5 cm³/mol. The van der Waals surface area contributed by atoms with Crippen molar-refractivity contribution in [3.8, 4) is 0 Å². The molecule has 1 aromatic carbocycles. The quantitative estimate of drug-likeness (QED) is 0.328. The van der Waals surface area contributed by atoms with Crippen molar-refractivity contribution in [1.82, 2.24) is 0 Å². The fourth-order valence-corrected chi connectivity index (χ4v) is 4.76. The van der Waals surface area contributed by atoms with Gasteiger partial charge in [-0.1, -0.05) is 0 Å². The SMILES string of the molecule is Brc1c(Br)c2c3c(c1Br)NC(Br)N3CCC2. The minimum atomic E-state index is 0.207. The van der Waals surface area contributed by atoms with E-state index in [-0.39, 0.29) is 5.08 Å². The largest absolute Gasteiger partial charge is 0.354 e. The van der Waals surface area contributed by atoms with E-state index in [1.54, 1.807) is 0 Å². The zero-order valence-corrected chi connectivity index (χ0v) is 14.5. The molecular weight excluding hydrogens is 468 g/mol. The summed E-state index contributed by atoms with van der Waals surface area (Å²) in [6.45, 7) is 1.10. The summed E-state index contributed by atoms with van der Waals surface area (Å²) in [5, 5.41) is 3.67. The van der Waals surface area contributed by atoms with Gasteiger partial charge in [0.1, 0.15) is 0 Å². The van der Waals surface area contributed by atoms with Crippen LogP contribution >= 0.6 is 63.7 Å². The first-order valence-corrected chi connectivity index (χ1v) is 8.27. The van der Waals surface area contributed by atoms with Crippen molar-refractivity contribution in [1.29, 1.82) is 0 Å². The fourth-order valence-electron chi connectivity index (χ4n) is 2.34. The highest BCUT2D eigenvalue weighted by molar-refractivity contribution is 9.14. The van der Waals surface area contributed by atoms with Gasteiger partial charge in [-0.3, -0.25) is 0 Å². The molecule has 0 fully saturated rings. The molecule has 2 heterocycles. The molecule has 3 rings (SSSR count). The highest BCUT2D eigenvalue weighted by atomic mass is 79.9. The van der Waals surface area contributed by atoms with Crippen LogP contribution in [0.15, 0.2) is 13.4 Å². The highest BCUT2D eigenvalue weighted by Gasteiger charge is 2.35. The molecule has 1 unspecified atom stereocenters. The van der Waals surface area contributed by atoms with Gasteiger partial charge in [-0.15, -0.1) is 0 Å². The third-order valence-corrected chi connectivity index (χ3v) is 7.29. The first-order chi connectivity index (χ1) is 7.61. The maximum absolute atomic E-state index is 3.68. The lowest BCUT2D eigenvalue weighted by atomic mass is 10.0. The van der Waals surface area contributed by atoms with Crippen molar-refractivity contribution in [3.63, 3.8) is 0 Å². The Morgan fingerprint density at radius 3 is 2.62 bits per heavy atom. The molecule has 2 nitrogen and oxygen atoms in total. The first-order valence-electron chi connectivity index (χ1n) is 4.98. The summed E-state index contributed by atoms with van der Waals surface area (Å²) in [7, 11) is 0. The van der Waals surface area contributed by atoms with E-state index in [0.29, 0.717) is 0 Å². The Balaban J connectivity index is 2.32. The van der Waals surface area contributed by atoms with Crippen molar-refractivity contribution in [2.45, 2.75) is 17.9 Å². The molecule has 0 saturated carbocycles. The average Bonchev–Trinajstić information content (AvgIpc) is 2.63. The molecule has 86 valence electrons. The summed E-state index contributed by atoms with van der Waals surface area (Å²) >= 11 is 14.6.